The zero-order valence-electron chi connectivity index (χ0n) is 9.82. The van der Waals surface area contributed by atoms with E-state index in [0.717, 1.165) is 32.2 Å². The summed E-state index contributed by atoms with van der Waals surface area (Å²) in [6, 6.07) is 10.6. The van der Waals surface area contributed by atoms with Crippen LogP contribution in [0.25, 0.3) is 0 Å². The topological polar surface area (TPSA) is 21.3 Å². The molecule has 2 rings (SSSR count). The third kappa shape index (κ3) is 3.95. The first-order chi connectivity index (χ1) is 7.95. The third-order valence-corrected chi connectivity index (χ3v) is 3.16. The van der Waals surface area contributed by atoms with Crippen LogP contribution in [-0.4, -0.2) is 19.8 Å². The van der Waals surface area contributed by atoms with Gasteiger partial charge in [0.15, 0.2) is 0 Å². The maximum absolute atomic E-state index is 5.47. The molecule has 1 atom stereocenters. The van der Waals surface area contributed by atoms with Crippen molar-refractivity contribution < 1.29 is 4.74 Å². The van der Waals surface area contributed by atoms with Crippen molar-refractivity contribution in [3.63, 3.8) is 0 Å². The standard InChI is InChI=1S/C14H21NO/c1-2-5-13(6-3-1)11-15-9-8-14-7-4-10-16-12-14/h1-3,5-6,14-15H,4,7-12H2. The molecule has 2 nitrogen and oxygen atoms in total. The van der Waals surface area contributed by atoms with Crippen LogP contribution >= 0.6 is 0 Å². The predicted octanol–water partition coefficient (Wildman–Crippen LogP) is 2.59. The lowest BCUT2D eigenvalue weighted by Gasteiger charge is -2.21. The molecule has 0 bridgehead atoms. The predicted molar refractivity (Wildman–Crippen MR) is 66.3 cm³/mol. The van der Waals surface area contributed by atoms with Crippen molar-refractivity contribution in [1.82, 2.24) is 5.32 Å². The van der Waals surface area contributed by atoms with Gasteiger partial charge in [0.05, 0.1) is 0 Å². The van der Waals surface area contributed by atoms with Crippen LogP contribution in [0.4, 0.5) is 0 Å². The summed E-state index contributed by atoms with van der Waals surface area (Å²) < 4.78 is 5.47. The molecule has 1 saturated heterocycles. The van der Waals surface area contributed by atoms with Crippen molar-refractivity contribution in [1.29, 1.82) is 0 Å². The third-order valence-electron chi connectivity index (χ3n) is 3.16. The van der Waals surface area contributed by atoms with E-state index >= 15 is 0 Å². The van der Waals surface area contributed by atoms with Crippen molar-refractivity contribution in [2.45, 2.75) is 25.8 Å². The SMILES string of the molecule is c1ccc(CNCCC2CCCOC2)cc1. The normalized spacial score (nSPS) is 20.9. The van der Waals surface area contributed by atoms with Gasteiger partial charge in [-0.25, -0.2) is 0 Å². The Kier molecular flexibility index (Phi) is 4.84. The number of benzene rings is 1. The lowest BCUT2D eigenvalue weighted by Crippen LogP contribution is -2.23. The highest BCUT2D eigenvalue weighted by molar-refractivity contribution is 5.14. The zero-order valence-corrected chi connectivity index (χ0v) is 9.82. The Labute approximate surface area is 98.0 Å². The second-order valence-electron chi connectivity index (χ2n) is 4.53. The molecule has 1 aromatic rings. The van der Waals surface area contributed by atoms with Gasteiger partial charge in [-0.3, -0.25) is 0 Å². The Morgan fingerprint density at radius 3 is 2.88 bits per heavy atom. The fourth-order valence-electron chi connectivity index (χ4n) is 2.17. The molecule has 88 valence electrons. The Balaban J connectivity index is 1.58. The molecule has 1 aromatic carbocycles. The molecule has 1 fully saturated rings. The summed E-state index contributed by atoms with van der Waals surface area (Å²) >= 11 is 0. The lowest BCUT2D eigenvalue weighted by molar-refractivity contribution is 0.0517. The molecule has 0 saturated carbocycles. The number of nitrogens with one attached hydrogen (secondary N) is 1. The van der Waals surface area contributed by atoms with Crippen molar-refractivity contribution in [2.24, 2.45) is 5.92 Å². The molecule has 1 aliphatic rings. The highest BCUT2D eigenvalue weighted by Gasteiger charge is 2.12. The van der Waals surface area contributed by atoms with Gasteiger partial charge in [-0.05, 0) is 37.3 Å². The minimum absolute atomic E-state index is 0.775. The summed E-state index contributed by atoms with van der Waals surface area (Å²) in [5, 5.41) is 3.49. The van der Waals surface area contributed by atoms with Gasteiger partial charge in [0.25, 0.3) is 0 Å². The number of ether oxygens (including phenoxy) is 1. The van der Waals surface area contributed by atoms with E-state index in [1.807, 2.05) is 0 Å². The van der Waals surface area contributed by atoms with Gasteiger partial charge in [0, 0.05) is 19.8 Å². The van der Waals surface area contributed by atoms with Gasteiger partial charge in [0.1, 0.15) is 0 Å². The van der Waals surface area contributed by atoms with Crippen LogP contribution < -0.4 is 5.32 Å². The van der Waals surface area contributed by atoms with Crippen LogP contribution in [-0.2, 0) is 11.3 Å². The second kappa shape index (κ2) is 6.66. The molecule has 0 amide bonds. The maximum atomic E-state index is 5.47. The Hall–Kier alpha value is -0.860. The van der Waals surface area contributed by atoms with Gasteiger partial charge in [0.2, 0.25) is 0 Å². The van der Waals surface area contributed by atoms with E-state index in [0.29, 0.717) is 0 Å². The minimum Gasteiger partial charge on any atom is -0.381 e. The summed E-state index contributed by atoms with van der Waals surface area (Å²) in [6.45, 7) is 4.01. The molecular weight excluding hydrogens is 198 g/mol. The fourth-order valence-corrected chi connectivity index (χ4v) is 2.17. The van der Waals surface area contributed by atoms with Gasteiger partial charge in [-0.1, -0.05) is 30.3 Å². The fraction of sp³-hybridized carbons (Fsp3) is 0.571. The van der Waals surface area contributed by atoms with E-state index in [4.69, 9.17) is 4.74 Å². The average Bonchev–Trinajstić information content (AvgIpc) is 2.37. The first kappa shape index (κ1) is 11.6. The highest BCUT2D eigenvalue weighted by atomic mass is 16.5. The van der Waals surface area contributed by atoms with Gasteiger partial charge in [-0.15, -0.1) is 0 Å². The molecule has 2 heteroatoms. The monoisotopic (exact) mass is 219 g/mol. The van der Waals surface area contributed by atoms with Gasteiger partial charge in [-0.2, -0.15) is 0 Å². The molecule has 16 heavy (non-hydrogen) atoms. The number of rotatable bonds is 5. The van der Waals surface area contributed by atoms with E-state index in [1.165, 1.54) is 24.8 Å². The molecule has 0 aliphatic carbocycles. The summed E-state index contributed by atoms with van der Waals surface area (Å²) in [7, 11) is 0. The smallest absolute Gasteiger partial charge is 0.0494 e. The second-order valence-corrected chi connectivity index (χ2v) is 4.53. The van der Waals surface area contributed by atoms with E-state index in [-0.39, 0.29) is 0 Å². The van der Waals surface area contributed by atoms with E-state index < -0.39 is 0 Å². The van der Waals surface area contributed by atoms with E-state index in [1.54, 1.807) is 0 Å². The number of hydrogen-bond acceptors (Lipinski definition) is 2. The number of hydrogen-bond donors (Lipinski definition) is 1. The zero-order chi connectivity index (χ0) is 11.1. The molecule has 1 heterocycles. The Bertz CT molecular complexity index is 280. The van der Waals surface area contributed by atoms with Crippen molar-refractivity contribution >= 4 is 0 Å². The van der Waals surface area contributed by atoms with Gasteiger partial charge < -0.3 is 10.1 Å². The van der Waals surface area contributed by atoms with Crippen molar-refractivity contribution in [3.05, 3.63) is 35.9 Å². The van der Waals surface area contributed by atoms with Crippen LogP contribution in [0.15, 0.2) is 30.3 Å². The van der Waals surface area contributed by atoms with Crippen LogP contribution in [0.3, 0.4) is 0 Å². The summed E-state index contributed by atoms with van der Waals surface area (Å²) in [6.07, 6.45) is 3.82. The van der Waals surface area contributed by atoms with Crippen LogP contribution in [0.2, 0.25) is 0 Å². The molecular formula is C14H21NO. The summed E-state index contributed by atoms with van der Waals surface area (Å²) in [5.74, 6) is 0.775. The van der Waals surface area contributed by atoms with E-state index in [2.05, 4.69) is 35.6 Å². The maximum Gasteiger partial charge on any atom is 0.0494 e. The molecule has 0 aromatic heterocycles. The highest BCUT2D eigenvalue weighted by Crippen LogP contribution is 2.16. The van der Waals surface area contributed by atoms with Crippen molar-refractivity contribution in [2.75, 3.05) is 19.8 Å². The first-order valence-corrected chi connectivity index (χ1v) is 6.27. The largest absolute Gasteiger partial charge is 0.381 e. The summed E-state index contributed by atoms with van der Waals surface area (Å²) in [4.78, 5) is 0. The average molecular weight is 219 g/mol. The van der Waals surface area contributed by atoms with Crippen LogP contribution in [0, 0.1) is 5.92 Å². The molecule has 1 unspecified atom stereocenters. The summed E-state index contributed by atoms with van der Waals surface area (Å²) in [5.41, 5.74) is 1.36. The van der Waals surface area contributed by atoms with E-state index in [9.17, 15) is 0 Å². The lowest BCUT2D eigenvalue weighted by atomic mass is 9.99. The molecule has 0 spiro atoms. The molecule has 1 N–H and O–H groups in total. The molecule has 0 radical (unpaired) electrons. The first-order valence-electron chi connectivity index (χ1n) is 6.27. The minimum atomic E-state index is 0.775. The molecule has 1 aliphatic heterocycles. The van der Waals surface area contributed by atoms with Gasteiger partial charge >= 0.3 is 0 Å². The van der Waals surface area contributed by atoms with Crippen molar-refractivity contribution in [3.8, 4) is 0 Å². The van der Waals surface area contributed by atoms with Crippen LogP contribution in [0.1, 0.15) is 24.8 Å². The van der Waals surface area contributed by atoms with Crippen LogP contribution in [0.5, 0.6) is 0 Å². The quantitative estimate of drug-likeness (QED) is 0.769. The Morgan fingerprint density at radius 1 is 1.25 bits per heavy atom. The Morgan fingerprint density at radius 2 is 2.12 bits per heavy atom.